The summed E-state index contributed by atoms with van der Waals surface area (Å²) in [4.78, 5) is 25.8. The second-order valence-electron chi connectivity index (χ2n) is 7.25. The fourth-order valence-electron chi connectivity index (χ4n) is 3.69. The first kappa shape index (κ1) is 19.4. The van der Waals surface area contributed by atoms with Gasteiger partial charge < -0.3 is 16.0 Å². The summed E-state index contributed by atoms with van der Waals surface area (Å²) in [6.07, 6.45) is 3.74. The van der Waals surface area contributed by atoms with Crippen molar-refractivity contribution in [2.45, 2.75) is 19.9 Å². The molecule has 156 valence electrons. The summed E-state index contributed by atoms with van der Waals surface area (Å²) in [6.45, 7) is 3.24. The number of amides is 1. The van der Waals surface area contributed by atoms with Gasteiger partial charge >= 0.3 is 0 Å². The first-order chi connectivity index (χ1) is 15.1. The Bertz CT molecular complexity index is 1300. The van der Waals surface area contributed by atoms with E-state index in [0.29, 0.717) is 18.1 Å². The molecule has 7 nitrogen and oxygen atoms in total. The lowest BCUT2D eigenvalue weighted by Crippen LogP contribution is -2.16. The molecule has 0 bridgehead atoms. The van der Waals surface area contributed by atoms with Gasteiger partial charge in [-0.15, -0.1) is 11.3 Å². The van der Waals surface area contributed by atoms with E-state index in [2.05, 4.69) is 30.9 Å². The third-order valence-electron chi connectivity index (χ3n) is 5.12. The highest BCUT2D eigenvalue weighted by molar-refractivity contribution is 7.18. The lowest BCUT2D eigenvalue weighted by Gasteiger charge is -2.13. The molecule has 4 heterocycles. The molecule has 1 amide bonds. The van der Waals surface area contributed by atoms with E-state index in [1.807, 2.05) is 31.2 Å². The fourth-order valence-corrected chi connectivity index (χ4v) is 4.49. The van der Waals surface area contributed by atoms with Crippen molar-refractivity contribution in [1.82, 2.24) is 15.0 Å². The average Bonchev–Trinajstić information content (AvgIpc) is 3.38. The monoisotopic (exact) mass is 434 g/mol. The number of carbonyl (C=O) groups is 1. The Labute approximate surface area is 181 Å². The van der Waals surface area contributed by atoms with Gasteiger partial charge in [-0.05, 0) is 49.2 Å². The number of rotatable bonds is 5. The second-order valence-corrected chi connectivity index (χ2v) is 8.48. The van der Waals surface area contributed by atoms with Crippen LogP contribution in [0.2, 0.25) is 0 Å². The van der Waals surface area contributed by atoms with Gasteiger partial charge in [0.25, 0.3) is 5.91 Å². The lowest BCUT2D eigenvalue weighted by atomic mass is 10.1. The summed E-state index contributed by atoms with van der Waals surface area (Å²) in [7, 11) is 0. The minimum atomic E-state index is -0.574. The van der Waals surface area contributed by atoms with Crippen molar-refractivity contribution in [2.24, 2.45) is 0 Å². The molecule has 0 fully saturated rings. The summed E-state index contributed by atoms with van der Waals surface area (Å²) < 4.78 is 15.0. The van der Waals surface area contributed by atoms with Crippen LogP contribution in [0.15, 0.2) is 42.7 Å². The van der Waals surface area contributed by atoms with E-state index in [4.69, 9.17) is 0 Å². The minimum Gasteiger partial charge on any atom is -0.370 e. The molecule has 0 spiro atoms. The van der Waals surface area contributed by atoms with Crippen LogP contribution in [0.25, 0.3) is 10.2 Å². The predicted octanol–water partition coefficient (Wildman–Crippen LogP) is 4.37. The molecule has 0 unspecified atom stereocenters. The van der Waals surface area contributed by atoms with Gasteiger partial charge in [0.1, 0.15) is 17.5 Å². The minimum absolute atomic E-state index is 0.137. The molecule has 31 heavy (non-hydrogen) atoms. The normalized spacial score (nSPS) is 12.5. The van der Waals surface area contributed by atoms with Gasteiger partial charge in [-0.2, -0.15) is 0 Å². The summed E-state index contributed by atoms with van der Waals surface area (Å²) in [5, 5.41) is 10.2. The highest BCUT2D eigenvalue weighted by atomic mass is 32.1. The maximum atomic E-state index is 13.9. The summed E-state index contributed by atoms with van der Waals surface area (Å²) >= 11 is 1.59. The van der Waals surface area contributed by atoms with E-state index in [-0.39, 0.29) is 5.56 Å². The number of nitrogens with one attached hydrogen (secondary N) is 3. The average molecular weight is 435 g/mol. The zero-order valence-corrected chi connectivity index (χ0v) is 17.5. The van der Waals surface area contributed by atoms with Gasteiger partial charge in [0, 0.05) is 30.5 Å². The molecule has 0 radical (unpaired) electrons. The number of thiazole rings is 1. The SMILES string of the molecule is Cc1nc2cc(NC(=O)c3cc(F)cnc3NCc3ccnc4c3CCN4)ccc2s1. The number of aryl methyl sites for hydroxylation is 1. The molecule has 1 aromatic carbocycles. The van der Waals surface area contributed by atoms with E-state index in [9.17, 15) is 9.18 Å². The van der Waals surface area contributed by atoms with Crippen LogP contribution in [-0.4, -0.2) is 27.4 Å². The van der Waals surface area contributed by atoms with E-state index < -0.39 is 11.7 Å². The molecule has 0 atom stereocenters. The van der Waals surface area contributed by atoms with E-state index >= 15 is 0 Å². The zero-order chi connectivity index (χ0) is 21.4. The Morgan fingerprint density at radius 2 is 2.16 bits per heavy atom. The summed E-state index contributed by atoms with van der Waals surface area (Å²) in [6, 6.07) is 8.66. The third-order valence-corrected chi connectivity index (χ3v) is 6.07. The van der Waals surface area contributed by atoms with E-state index in [1.54, 1.807) is 17.5 Å². The topological polar surface area (TPSA) is 91.8 Å². The number of hydrogen-bond donors (Lipinski definition) is 3. The van der Waals surface area contributed by atoms with E-state index in [0.717, 1.165) is 51.3 Å². The summed E-state index contributed by atoms with van der Waals surface area (Å²) in [5.41, 5.74) is 3.76. The molecular weight excluding hydrogens is 415 g/mol. The zero-order valence-electron chi connectivity index (χ0n) is 16.7. The largest absolute Gasteiger partial charge is 0.370 e. The Morgan fingerprint density at radius 1 is 1.26 bits per heavy atom. The number of aromatic nitrogens is 3. The smallest absolute Gasteiger partial charge is 0.259 e. The van der Waals surface area contributed by atoms with Gasteiger partial charge in [-0.25, -0.2) is 19.3 Å². The Balaban J connectivity index is 1.38. The lowest BCUT2D eigenvalue weighted by molar-refractivity contribution is 0.102. The summed E-state index contributed by atoms with van der Waals surface area (Å²) in [5.74, 6) is 0.190. The number of anilines is 3. The second kappa shape index (κ2) is 7.92. The van der Waals surface area contributed by atoms with Gasteiger partial charge in [0.05, 0.1) is 27.0 Å². The van der Waals surface area contributed by atoms with Crippen LogP contribution >= 0.6 is 11.3 Å². The first-order valence-electron chi connectivity index (χ1n) is 9.85. The molecule has 3 N–H and O–H groups in total. The van der Waals surface area contributed by atoms with Crippen molar-refractivity contribution in [3.05, 3.63) is 70.2 Å². The molecule has 1 aliphatic heterocycles. The van der Waals surface area contributed by atoms with Crippen molar-refractivity contribution < 1.29 is 9.18 Å². The number of carbonyl (C=O) groups excluding carboxylic acids is 1. The molecular formula is C22H19FN6OS. The van der Waals surface area contributed by atoms with Crippen LogP contribution in [0.1, 0.15) is 26.5 Å². The van der Waals surface area contributed by atoms with Crippen LogP contribution in [0.4, 0.5) is 21.7 Å². The molecule has 3 aromatic heterocycles. The van der Waals surface area contributed by atoms with E-state index in [1.165, 1.54) is 6.07 Å². The van der Waals surface area contributed by atoms with Crippen LogP contribution in [0, 0.1) is 12.7 Å². The molecule has 0 aliphatic carbocycles. The number of pyridine rings is 2. The van der Waals surface area contributed by atoms with Crippen LogP contribution in [0.5, 0.6) is 0 Å². The quantitative estimate of drug-likeness (QED) is 0.432. The number of fused-ring (bicyclic) bond motifs is 2. The Morgan fingerprint density at radius 3 is 3.06 bits per heavy atom. The maximum absolute atomic E-state index is 13.9. The predicted molar refractivity (Wildman–Crippen MR) is 120 cm³/mol. The van der Waals surface area contributed by atoms with Crippen molar-refractivity contribution in [2.75, 3.05) is 22.5 Å². The molecule has 0 saturated carbocycles. The number of halogens is 1. The number of nitrogens with zero attached hydrogens (tertiary/aromatic N) is 3. The number of hydrogen-bond acceptors (Lipinski definition) is 7. The van der Waals surface area contributed by atoms with Crippen molar-refractivity contribution in [1.29, 1.82) is 0 Å². The molecule has 5 rings (SSSR count). The standard InChI is InChI=1S/C22H19FN6OS/c1-12-28-18-9-15(2-3-19(18)31-12)29-22(30)17-8-14(23)11-27-21(17)26-10-13-4-6-24-20-16(13)5-7-25-20/h2-4,6,8-9,11H,5,7,10H2,1H3,(H,24,25)(H,26,27)(H,29,30). The third kappa shape index (κ3) is 3.91. The molecule has 9 heteroatoms. The first-order valence-corrected chi connectivity index (χ1v) is 10.7. The van der Waals surface area contributed by atoms with Gasteiger partial charge in [0.2, 0.25) is 0 Å². The van der Waals surface area contributed by atoms with Gasteiger partial charge in [0.15, 0.2) is 0 Å². The highest BCUT2D eigenvalue weighted by Crippen LogP contribution is 2.26. The van der Waals surface area contributed by atoms with Crippen molar-refractivity contribution in [3.63, 3.8) is 0 Å². The molecule has 0 saturated heterocycles. The highest BCUT2D eigenvalue weighted by Gasteiger charge is 2.18. The van der Waals surface area contributed by atoms with Crippen LogP contribution in [0.3, 0.4) is 0 Å². The van der Waals surface area contributed by atoms with Crippen LogP contribution in [-0.2, 0) is 13.0 Å². The number of benzene rings is 1. The van der Waals surface area contributed by atoms with Gasteiger partial charge in [-0.1, -0.05) is 0 Å². The van der Waals surface area contributed by atoms with Crippen LogP contribution < -0.4 is 16.0 Å². The Hall–Kier alpha value is -3.59. The Kier molecular flexibility index (Phi) is 4.95. The molecule has 1 aliphatic rings. The van der Waals surface area contributed by atoms with Crippen molar-refractivity contribution in [3.8, 4) is 0 Å². The van der Waals surface area contributed by atoms with Gasteiger partial charge in [-0.3, -0.25) is 4.79 Å². The maximum Gasteiger partial charge on any atom is 0.259 e. The fraction of sp³-hybridized carbons (Fsp3) is 0.182. The molecule has 4 aromatic rings. The van der Waals surface area contributed by atoms with Crippen molar-refractivity contribution >= 4 is 44.8 Å².